The lowest BCUT2D eigenvalue weighted by atomic mass is 10.1. The molecule has 3 heteroatoms. The van der Waals surface area contributed by atoms with Crippen molar-refractivity contribution >= 4 is 11.6 Å². The number of hydrogen-bond donors (Lipinski definition) is 1. The molecular weight excluding hydrogens is 261 g/mol. The third kappa shape index (κ3) is 3.79. The highest BCUT2D eigenvalue weighted by molar-refractivity contribution is 6.30. The van der Waals surface area contributed by atoms with Gasteiger partial charge in [-0.15, -0.1) is 0 Å². The van der Waals surface area contributed by atoms with E-state index in [4.69, 9.17) is 11.6 Å². The average molecular weight is 278 g/mol. The first-order valence-electron chi connectivity index (χ1n) is 6.27. The number of halogens is 2. The molecule has 0 bridgehead atoms. The molecule has 0 aromatic heterocycles. The third-order valence-electron chi connectivity index (χ3n) is 3.21. The van der Waals surface area contributed by atoms with Crippen molar-refractivity contribution in [2.75, 3.05) is 0 Å². The van der Waals surface area contributed by atoms with Crippen LogP contribution in [0.5, 0.6) is 0 Å². The smallest absolute Gasteiger partial charge is 0.141 e. The van der Waals surface area contributed by atoms with Crippen molar-refractivity contribution in [1.29, 1.82) is 0 Å². The zero-order valence-corrected chi connectivity index (χ0v) is 11.9. The van der Waals surface area contributed by atoms with Gasteiger partial charge in [-0.25, -0.2) is 4.39 Å². The fraction of sp³-hybridized carbons (Fsp3) is 0.250. The van der Waals surface area contributed by atoms with Crippen LogP contribution < -0.4 is 5.32 Å². The van der Waals surface area contributed by atoms with Gasteiger partial charge < -0.3 is 5.32 Å². The number of rotatable bonds is 4. The molecule has 2 rings (SSSR count). The minimum atomic E-state index is -0.375. The number of aryl methyl sites for hydroxylation is 2. The van der Waals surface area contributed by atoms with Crippen molar-refractivity contribution in [3.8, 4) is 0 Å². The van der Waals surface area contributed by atoms with Gasteiger partial charge in [-0.3, -0.25) is 0 Å². The molecule has 100 valence electrons. The van der Waals surface area contributed by atoms with Crippen molar-refractivity contribution in [3.63, 3.8) is 0 Å². The molecule has 0 saturated heterocycles. The second-order valence-corrected chi connectivity index (χ2v) is 5.18. The van der Waals surface area contributed by atoms with Gasteiger partial charge >= 0.3 is 0 Å². The minimum absolute atomic E-state index is 0.172. The summed E-state index contributed by atoms with van der Waals surface area (Å²) in [5.41, 5.74) is 4.82. The summed E-state index contributed by atoms with van der Waals surface area (Å²) >= 11 is 5.75. The monoisotopic (exact) mass is 277 g/mol. The molecule has 0 radical (unpaired) electrons. The largest absolute Gasteiger partial charge is 0.309 e. The van der Waals surface area contributed by atoms with Crippen LogP contribution in [0.3, 0.4) is 0 Å². The van der Waals surface area contributed by atoms with Crippen LogP contribution in [0.4, 0.5) is 4.39 Å². The standard InChI is InChI=1S/C16H17ClFN/c1-11-3-4-13(7-12(11)2)9-19-10-14-5-6-16(18)15(17)8-14/h3-8,19H,9-10H2,1-2H3. The van der Waals surface area contributed by atoms with Crippen molar-refractivity contribution < 1.29 is 4.39 Å². The van der Waals surface area contributed by atoms with Crippen molar-refractivity contribution in [2.24, 2.45) is 0 Å². The molecule has 0 amide bonds. The van der Waals surface area contributed by atoms with E-state index in [9.17, 15) is 4.39 Å². The first-order valence-corrected chi connectivity index (χ1v) is 6.65. The Balaban J connectivity index is 1.92. The van der Waals surface area contributed by atoms with Crippen LogP contribution in [-0.4, -0.2) is 0 Å². The Kier molecular flexibility index (Phi) is 4.56. The molecule has 0 heterocycles. The molecule has 1 N–H and O–H groups in total. The van der Waals surface area contributed by atoms with Crippen LogP contribution in [0.2, 0.25) is 5.02 Å². The van der Waals surface area contributed by atoms with E-state index in [-0.39, 0.29) is 10.8 Å². The summed E-state index contributed by atoms with van der Waals surface area (Å²) in [5.74, 6) is -0.375. The van der Waals surface area contributed by atoms with E-state index < -0.39 is 0 Å². The van der Waals surface area contributed by atoms with Gasteiger partial charge in [-0.05, 0) is 48.2 Å². The summed E-state index contributed by atoms with van der Waals surface area (Å²) in [6.45, 7) is 5.68. The molecule has 1 nitrogen and oxygen atoms in total. The average Bonchev–Trinajstić information content (AvgIpc) is 2.38. The molecule has 0 aliphatic heterocycles. The van der Waals surface area contributed by atoms with E-state index in [1.807, 2.05) is 0 Å². The molecule has 2 aromatic rings. The maximum Gasteiger partial charge on any atom is 0.141 e. The Hall–Kier alpha value is -1.38. The molecule has 0 spiro atoms. The SMILES string of the molecule is Cc1ccc(CNCc2ccc(F)c(Cl)c2)cc1C. The first kappa shape index (κ1) is 14.0. The van der Waals surface area contributed by atoms with Gasteiger partial charge in [0.25, 0.3) is 0 Å². The zero-order chi connectivity index (χ0) is 13.8. The maximum absolute atomic E-state index is 13.0. The zero-order valence-electron chi connectivity index (χ0n) is 11.1. The van der Waals surface area contributed by atoms with E-state index in [0.717, 1.165) is 12.1 Å². The number of nitrogens with one attached hydrogen (secondary N) is 1. The molecule has 0 fully saturated rings. The Morgan fingerprint density at radius 2 is 1.58 bits per heavy atom. The minimum Gasteiger partial charge on any atom is -0.309 e. The van der Waals surface area contributed by atoms with E-state index >= 15 is 0 Å². The van der Waals surface area contributed by atoms with Crippen LogP contribution in [0.1, 0.15) is 22.3 Å². The van der Waals surface area contributed by atoms with Gasteiger partial charge in [0.2, 0.25) is 0 Å². The van der Waals surface area contributed by atoms with Crippen LogP contribution in [-0.2, 0) is 13.1 Å². The maximum atomic E-state index is 13.0. The van der Waals surface area contributed by atoms with E-state index in [1.54, 1.807) is 12.1 Å². The quantitative estimate of drug-likeness (QED) is 0.874. The molecular formula is C16H17ClFN. The van der Waals surface area contributed by atoms with Crippen molar-refractivity contribution in [2.45, 2.75) is 26.9 Å². The molecule has 0 aliphatic carbocycles. The predicted molar refractivity (Wildman–Crippen MR) is 77.9 cm³/mol. The molecule has 0 saturated carbocycles. The van der Waals surface area contributed by atoms with Gasteiger partial charge in [-0.2, -0.15) is 0 Å². The lowest BCUT2D eigenvalue weighted by Gasteiger charge is -2.08. The highest BCUT2D eigenvalue weighted by Gasteiger charge is 2.01. The molecule has 0 unspecified atom stereocenters. The van der Waals surface area contributed by atoms with Gasteiger partial charge in [0.1, 0.15) is 5.82 Å². The van der Waals surface area contributed by atoms with E-state index in [0.29, 0.717) is 6.54 Å². The Labute approximate surface area is 118 Å². The van der Waals surface area contributed by atoms with Crippen LogP contribution in [0.15, 0.2) is 36.4 Å². The Morgan fingerprint density at radius 1 is 0.947 bits per heavy atom. The van der Waals surface area contributed by atoms with Crippen LogP contribution >= 0.6 is 11.6 Å². The summed E-state index contributed by atoms with van der Waals surface area (Å²) < 4.78 is 13.0. The predicted octanol–water partition coefficient (Wildman–Crippen LogP) is 4.39. The van der Waals surface area contributed by atoms with Crippen molar-refractivity contribution in [1.82, 2.24) is 5.32 Å². The second-order valence-electron chi connectivity index (χ2n) is 4.77. The topological polar surface area (TPSA) is 12.0 Å². The first-order chi connectivity index (χ1) is 9.06. The molecule has 0 aliphatic rings. The Morgan fingerprint density at radius 3 is 2.21 bits per heavy atom. The van der Waals surface area contributed by atoms with E-state index in [2.05, 4.69) is 37.4 Å². The molecule has 2 aromatic carbocycles. The molecule has 19 heavy (non-hydrogen) atoms. The summed E-state index contributed by atoms with van der Waals surface area (Å²) in [7, 11) is 0. The molecule has 0 atom stereocenters. The third-order valence-corrected chi connectivity index (χ3v) is 3.50. The number of hydrogen-bond acceptors (Lipinski definition) is 1. The lowest BCUT2D eigenvalue weighted by Crippen LogP contribution is -2.12. The second kappa shape index (κ2) is 6.18. The van der Waals surface area contributed by atoms with Crippen LogP contribution in [0, 0.1) is 19.7 Å². The van der Waals surface area contributed by atoms with Gasteiger partial charge in [0.05, 0.1) is 5.02 Å². The fourth-order valence-corrected chi connectivity index (χ4v) is 2.12. The van der Waals surface area contributed by atoms with Crippen molar-refractivity contribution in [3.05, 3.63) is 69.5 Å². The Bertz CT molecular complexity index is 529. The highest BCUT2D eigenvalue weighted by Crippen LogP contribution is 2.16. The normalized spacial score (nSPS) is 10.7. The summed E-state index contributed by atoms with van der Waals surface area (Å²) in [6, 6.07) is 11.2. The number of benzene rings is 2. The van der Waals surface area contributed by atoms with Crippen LogP contribution in [0.25, 0.3) is 0 Å². The fourth-order valence-electron chi connectivity index (χ4n) is 1.91. The van der Waals surface area contributed by atoms with E-state index in [1.165, 1.54) is 22.8 Å². The van der Waals surface area contributed by atoms with Gasteiger partial charge in [-0.1, -0.05) is 35.9 Å². The van der Waals surface area contributed by atoms with Gasteiger partial charge in [0.15, 0.2) is 0 Å². The van der Waals surface area contributed by atoms with Gasteiger partial charge in [0, 0.05) is 13.1 Å². The lowest BCUT2D eigenvalue weighted by molar-refractivity contribution is 0.625. The summed E-state index contributed by atoms with van der Waals surface area (Å²) in [5, 5.41) is 3.50. The highest BCUT2D eigenvalue weighted by atomic mass is 35.5. The summed E-state index contributed by atoms with van der Waals surface area (Å²) in [6.07, 6.45) is 0. The summed E-state index contributed by atoms with van der Waals surface area (Å²) in [4.78, 5) is 0.